The van der Waals surface area contributed by atoms with Gasteiger partial charge < -0.3 is 19.3 Å². The maximum Gasteiger partial charge on any atom is 0.451 e. The van der Waals surface area contributed by atoms with Crippen LogP contribution >= 0.6 is 0 Å². The fourth-order valence-corrected chi connectivity index (χ4v) is 8.44. The molecule has 2 amide bonds. The molecule has 6 aromatic rings. The first-order valence-electron chi connectivity index (χ1n) is 23.2. The third-order valence-electron chi connectivity index (χ3n) is 11.4. The standard InChI is InChI=1S/C20H15F3N2O3.C20H20N2O4S.2C7H8.C2H6/c21-20(22,23)15(26)11-25-10-13-8-4-5-9-14(13)17-16(19(25)27)24-18(28-17)12-6-2-1-3-7-12;1-27(24,25)12-11-22-13-15-9-5-6-10-16(15)18-17(20(22)23)21-19(26-18)14-7-3-2-4-8-14;2*1-7-5-3-2-4-6-7;1-2/h1-9,16-17H,10-11H2;2-10,17-18H,11-13H2,1H3;2*2-6H,1H3;1-2H3. The van der Waals surface area contributed by atoms with Gasteiger partial charge in [0.05, 0.1) is 12.3 Å². The van der Waals surface area contributed by atoms with E-state index in [1.54, 1.807) is 53.4 Å². The summed E-state index contributed by atoms with van der Waals surface area (Å²) in [7, 11) is -3.17. The normalized spacial score (nSPS) is 18.5. The van der Waals surface area contributed by atoms with Crippen molar-refractivity contribution in [1.82, 2.24) is 9.80 Å². The molecule has 0 saturated carbocycles. The third kappa shape index (κ3) is 14.3. The summed E-state index contributed by atoms with van der Waals surface area (Å²) in [6.45, 7) is 7.52. The van der Waals surface area contributed by atoms with E-state index in [9.17, 15) is 36.0 Å². The Bertz CT molecular complexity index is 2870. The Labute approximate surface area is 413 Å². The van der Waals surface area contributed by atoms with E-state index in [0.29, 0.717) is 29.1 Å². The Balaban J connectivity index is 0.000000178. The van der Waals surface area contributed by atoms with Crippen LogP contribution in [-0.4, -0.2) is 91.0 Å². The van der Waals surface area contributed by atoms with E-state index in [4.69, 9.17) is 9.47 Å². The van der Waals surface area contributed by atoms with Crippen LogP contribution in [0.5, 0.6) is 0 Å². The molecule has 4 unspecified atom stereocenters. The number of nitrogens with zero attached hydrogens (tertiary/aromatic N) is 4. The first kappa shape index (κ1) is 53.0. The average Bonchev–Trinajstić information content (AvgIpc) is 3.98. The van der Waals surface area contributed by atoms with Crippen LogP contribution in [0.25, 0.3) is 0 Å². The zero-order valence-electron chi connectivity index (χ0n) is 40.2. The third-order valence-corrected chi connectivity index (χ3v) is 12.4. The fraction of sp³-hybridized carbons (Fsp3) is 0.268. The van der Waals surface area contributed by atoms with Gasteiger partial charge in [0.15, 0.2) is 24.3 Å². The van der Waals surface area contributed by atoms with Crippen molar-refractivity contribution in [2.24, 2.45) is 9.98 Å². The van der Waals surface area contributed by atoms with Crippen LogP contribution in [0.1, 0.15) is 70.6 Å². The number of ether oxygens (including phenoxy) is 2. The highest BCUT2D eigenvalue weighted by molar-refractivity contribution is 7.90. The molecule has 4 atom stereocenters. The van der Waals surface area contributed by atoms with Crippen molar-refractivity contribution in [2.45, 2.75) is 71.3 Å². The Hall–Kier alpha value is -7.39. The lowest BCUT2D eigenvalue weighted by molar-refractivity contribution is -0.173. The second-order valence-corrected chi connectivity index (χ2v) is 19.0. The molecule has 0 aromatic heterocycles. The number of ketones is 1. The van der Waals surface area contributed by atoms with E-state index in [-0.39, 0.29) is 30.6 Å². The summed E-state index contributed by atoms with van der Waals surface area (Å²) >= 11 is 0. The number of carbonyl (C=O) groups is 3. The van der Waals surface area contributed by atoms with Crippen LogP contribution < -0.4 is 0 Å². The molecule has 0 radical (unpaired) electrons. The molecule has 15 heteroatoms. The lowest BCUT2D eigenvalue weighted by atomic mass is 9.99. The minimum absolute atomic E-state index is 0.0750. The van der Waals surface area contributed by atoms with Gasteiger partial charge >= 0.3 is 6.18 Å². The summed E-state index contributed by atoms with van der Waals surface area (Å²) in [5.74, 6) is -2.21. The molecule has 0 fully saturated rings. The molecule has 10 rings (SSSR count). The number of benzene rings is 6. The number of aliphatic imine (C=N–C) groups is 2. The highest BCUT2D eigenvalue weighted by Crippen LogP contribution is 2.39. The quantitative estimate of drug-likeness (QED) is 0.155. The molecule has 6 aromatic carbocycles. The molecule has 370 valence electrons. The zero-order chi connectivity index (χ0) is 51.1. The first-order chi connectivity index (χ1) is 34.1. The van der Waals surface area contributed by atoms with Crippen LogP contribution in [0.2, 0.25) is 0 Å². The van der Waals surface area contributed by atoms with Crippen molar-refractivity contribution in [3.05, 3.63) is 214 Å². The highest BCUT2D eigenvalue weighted by Gasteiger charge is 2.47. The molecule has 11 nitrogen and oxygen atoms in total. The van der Waals surface area contributed by atoms with Gasteiger partial charge in [0.2, 0.25) is 11.8 Å². The van der Waals surface area contributed by atoms with Gasteiger partial charge in [-0.05, 0) is 49.2 Å². The maximum absolute atomic E-state index is 13.1. The van der Waals surface area contributed by atoms with Crippen molar-refractivity contribution in [1.29, 1.82) is 0 Å². The van der Waals surface area contributed by atoms with Gasteiger partial charge in [-0.25, -0.2) is 18.4 Å². The van der Waals surface area contributed by atoms with E-state index in [0.717, 1.165) is 21.6 Å². The number of aryl methyl sites for hydroxylation is 2. The smallest absolute Gasteiger partial charge is 0.451 e. The van der Waals surface area contributed by atoms with Crippen LogP contribution in [0.4, 0.5) is 13.2 Å². The Morgan fingerprint density at radius 3 is 1.30 bits per heavy atom. The van der Waals surface area contributed by atoms with E-state index in [1.165, 1.54) is 17.4 Å². The van der Waals surface area contributed by atoms with Crippen molar-refractivity contribution in [2.75, 3.05) is 25.1 Å². The number of carbonyl (C=O) groups excluding carboxylic acids is 3. The summed E-state index contributed by atoms with van der Waals surface area (Å²) < 4.78 is 73.4. The SMILES string of the molecule is CC.CS(=O)(=O)CCN1Cc2ccccc2C2OC(c3ccccc3)=NC2C1=O.Cc1ccccc1.Cc1ccccc1.O=C1C2N=C(c3ccccc3)OC2c2ccccc2CN1CC(=O)C(F)(F)F. The average molecular weight is 987 g/mol. The molecular weight excluding hydrogens is 930 g/mol. The van der Waals surface area contributed by atoms with Gasteiger partial charge in [0.1, 0.15) is 9.84 Å². The van der Waals surface area contributed by atoms with Gasteiger partial charge in [0, 0.05) is 48.1 Å². The Morgan fingerprint density at radius 1 is 0.577 bits per heavy atom. The molecule has 0 aliphatic carbocycles. The summed E-state index contributed by atoms with van der Waals surface area (Å²) in [5.41, 5.74) is 7.31. The number of hydrogen-bond acceptors (Lipinski definition) is 9. The number of Topliss-reactive ketones (excluding diaryl/α,β-unsaturated/α-hetero) is 1. The van der Waals surface area contributed by atoms with Crippen LogP contribution in [0.3, 0.4) is 0 Å². The topological polar surface area (TPSA) is 135 Å². The molecule has 0 bridgehead atoms. The van der Waals surface area contributed by atoms with Gasteiger partial charge in [-0.2, -0.15) is 13.2 Å². The van der Waals surface area contributed by atoms with E-state index in [1.807, 2.05) is 111 Å². The predicted octanol–water partition coefficient (Wildman–Crippen LogP) is 10.0. The molecule has 0 N–H and O–H groups in total. The van der Waals surface area contributed by atoms with E-state index < -0.39 is 58.5 Å². The second kappa shape index (κ2) is 24.4. The minimum Gasteiger partial charge on any atom is -0.466 e. The van der Waals surface area contributed by atoms with Gasteiger partial charge in [-0.1, -0.05) is 171 Å². The maximum atomic E-state index is 13.1. The number of fused-ring (bicyclic) bond motifs is 6. The largest absolute Gasteiger partial charge is 0.466 e. The number of halogens is 3. The minimum atomic E-state index is -5.00. The highest BCUT2D eigenvalue weighted by atomic mass is 32.2. The summed E-state index contributed by atoms with van der Waals surface area (Å²) in [5, 5.41) is 0. The summed E-state index contributed by atoms with van der Waals surface area (Å²) in [6, 6.07) is 51.9. The van der Waals surface area contributed by atoms with Crippen LogP contribution in [0, 0.1) is 13.8 Å². The lowest BCUT2D eigenvalue weighted by Crippen LogP contribution is -2.43. The lowest BCUT2D eigenvalue weighted by Gasteiger charge is -2.22. The van der Waals surface area contributed by atoms with Crippen molar-refractivity contribution in [3.8, 4) is 0 Å². The van der Waals surface area contributed by atoms with E-state index >= 15 is 0 Å². The van der Waals surface area contributed by atoms with Crippen molar-refractivity contribution < 1.29 is 45.4 Å². The summed E-state index contributed by atoms with van der Waals surface area (Å²) in [6.07, 6.45) is -5.07. The molecule has 0 spiro atoms. The number of alkyl halides is 3. The monoisotopic (exact) mass is 986 g/mol. The van der Waals surface area contributed by atoms with Gasteiger partial charge in [-0.3, -0.25) is 14.4 Å². The first-order valence-corrected chi connectivity index (χ1v) is 25.3. The number of hydrogen-bond donors (Lipinski definition) is 0. The van der Waals surface area contributed by atoms with Gasteiger partial charge in [-0.15, -0.1) is 0 Å². The molecule has 71 heavy (non-hydrogen) atoms. The van der Waals surface area contributed by atoms with Crippen molar-refractivity contribution >= 4 is 39.2 Å². The number of amides is 2. The second-order valence-electron chi connectivity index (χ2n) is 16.8. The van der Waals surface area contributed by atoms with Gasteiger partial charge in [0.25, 0.3) is 17.6 Å². The molecular formula is C56H57F3N4O7S. The Kier molecular flexibility index (Phi) is 18.2. The fourth-order valence-electron chi connectivity index (χ4n) is 7.89. The Morgan fingerprint density at radius 2 is 0.930 bits per heavy atom. The molecule has 4 heterocycles. The zero-order valence-corrected chi connectivity index (χ0v) is 41.0. The number of rotatable bonds is 7. The van der Waals surface area contributed by atoms with Crippen molar-refractivity contribution in [3.63, 3.8) is 0 Å². The van der Waals surface area contributed by atoms with E-state index in [2.05, 4.69) is 48.1 Å². The number of sulfone groups is 1. The molecule has 0 saturated heterocycles. The predicted molar refractivity (Wildman–Crippen MR) is 269 cm³/mol. The summed E-state index contributed by atoms with van der Waals surface area (Å²) in [4.78, 5) is 49.0. The van der Waals surface area contributed by atoms with Crippen LogP contribution in [0.15, 0.2) is 180 Å². The molecule has 4 aliphatic rings. The molecule has 4 aliphatic heterocycles. The van der Waals surface area contributed by atoms with Crippen LogP contribution in [-0.2, 0) is 46.8 Å².